The van der Waals surface area contributed by atoms with Crippen LogP contribution in [-0.2, 0) is 6.42 Å². The fourth-order valence-corrected chi connectivity index (χ4v) is 1.77. The predicted octanol–water partition coefficient (Wildman–Crippen LogP) is 2.94. The summed E-state index contributed by atoms with van der Waals surface area (Å²) in [4.78, 5) is 2.22. The van der Waals surface area contributed by atoms with Gasteiger partial charge in [0.2, 0.25) is 0 Å². The molecule has 2 heteroatoms. The molecule has 0 spiro atoms. The molecule has 0 saturated carbocycles. The van der Waals surface area contributed by atoms with E-state index in [1.807, 2.05) is 0 Å². The van der Waals surface area contributed by atoms with E-state index in [2.05, 4.69) is 59.2 Å². The summed E-state index contributed by atoms with van der Waals surface area (Å²) >= 11 is 3.55. The Labute approximate surface area is 88.9 Å². The van der Waals surface area contributed by atoms with Crippen molar-refractivity contribution < 1.29 is 0 Å². The van der Waals surface area contributed by atoms with Crippen molar-refractivity contribution in [3.05, 3.63) is 34.3 Å². The van der Waals surface area contributed by atoms with Crippen LogP contribution in [0.2, 0.25) is 0 Å². The maximum atomic E-state index is 3.55. The van der Waals surface area contributed by atoms with Gasteiger partial charge in [-0.2, -0.15) is 0 Å². The van der Waals surface area contributed by atoms with E-state index >= 15 is 0 Å². The van der Waals surface area contributed by atoms with Crippen molar-refractivity contribution in [1.82, 2.24) is 4.90 Å². The van der Waals surface area contributed by atoms with Crippen molar-refractivity contribution in [1.29, 1.82) is 0 Å². The van der Waals surface area contributed by atoms with Crippen LogP contribution in [0.15, 0.2) is 28.7 Å². The number of hydrogen-bond donors (Lipinski definition) is 0. The molecular weight excluding hydrogens is 226 g/mol. The van der Waals surface area contributed by atoms with Gasteiger partial charge in [-0.15, -0.1) is 0 Å². The first kappa shape index (κ1) is 10.7. The van der Waals surface area contributed by atoms with E-state index in [1.165, 1.54) is 16.5 Å². The first-order chi connectivity index (χ1) is 6.20. The minimum atomic E-state index is 1.15. The van der Waals surface area contributed by atoms with Crippen LogP contribution in [0.4, 0.5) is 0 Å². The smallest absolute Gasteiger partial charge is 0.0207 e. The van der Waals surface area contributed by atoms with E-state index in [0.717, 1.165) is 13.0 Å². The number of benzene rings is 1. The molecule has 0 saturated heterocycles. The molecular formula is C11H16BrN. The average Bonchev–Trinajstić information content (AvgIpc) is 2.08. The zero-order valence-corrected chi connectivity index (χ0v) is 9.84. The summed E-state index contributed by atoms with van der Waals surface area (Å²) in [6.45, 7) is 1.15. The third-order valence-corrected chi connectivity index (χ3v) is 2.78. The van der Waals surface area contributed by atoms with Crippen molar-refractivity contribution in [2.45, 2.75) is 12.8 Å². The van der Waals surface area contributed by atoms with Gasteiger partial charge in [0, 0.05) is 4.47 Å². The molecule has 0 aliphatic heterocycles. The highest BCUT2D eigenvalue weighted by atomic mass is 79.9. The van der Waals surface area contributed by atoms with Crippen LogP contribution in [0.25, 0.3) is 0 Å². The van der Waals surface area contributed by atoms with Crippen LogP contribution in [0, 0.1) is 0 Å². The zero-order valence-electron chi connectivity index (χ0n) is 8.26. The normalized spacial score (nSPS) is 10.8. The molecule has 0 fully saturated rings. The second kappa shape index (κ2) is 5.40. The minimum absolute atomic E-state index is 1.15. The van der Waals surface area contributed by atoms with Crippen LogP contribution in [0.3, 0.4) is 0 Å². The van der Waals surface area contributed by atoms with Crippen molar-refractivity contribution in [3.8, 4) is 0 Å². The molecule has 1 nitrogen and oxygen atoms in total. The van der Waals surface area contributed by atoms with Crippen molar-refractivity contribution in [2.24, 2.45) is 0 Å². The Morgan fingerprint density at radius 1 is 1.23 bits per heavy atom. The van der Waals surface area contributed by atoms with E-state index in [-0.39, 0.29) is 0 Å². The molecule has 72 valence electrons. The van der Waals surface area contributed by atoms with E-state index in [1.54, 1.807) is 0 Å². The fraction of sp³-hybridized carbons (Fsp3) is 0.455. The van der Waals surface area contributed by atoms with Crippen LogP contribution >= 0.6 is 15.9 Å². The van der Waals surface area contributed by atoms with E-state index in [0.29, 0.717) is 0 Å². The number of nitrogens with zero attached hydrogens (tertiary/aromatic N) is 1. The highest BCUT2D eigenvalue weighted by Crippen LogP contribution is 2.17. The summed E-state index contributed by atoms with van der Waals surface area (Å²) < 4.78 is 1.23. The van der Waals surface area contributed by atoms with E-state index < -0.39 is 0 Å². The number of aryl methyl sites for hydroxylation is 1. The highest BCUT2D eigenvalue weighted by Gasteiger charge is 1.98. The largest absolute Gasteiger partial charge is 0.309 e. The Balaban J connectivity index is 2.41. The summed E-state index contributed by atoms with van der Waals surface area (Å²) in [6, 6.07) is 8.43. The maximum absolute atomic E-state index is 3.55. The molecule has 13 heavy (non-hydrogen) atoms. The lowest BCUT2D eigenvalue weighted by Gasteiger charge is -2.09. The maximum Gasteiger partial charge on any atom is 0.0207 e. The molecule has 1 aromatic carbocycles. The van der Waals surface area contributed by atoms with Gasteiger partial charge in [-0.25, -0.2) is 0 Å². The lowest BCUT2D eigenvalue weighted by atomic mass is 10.1. The molecule has 0 N–H and O–H groups in total. The van der Waals surface area contributed by atoms with Gasteiger partial charge >= 0.3 is 0 Å². The molecule has 0 aliphatic rings. The number of hydrogen-bond acceptors (Lipinski definition) is 1. The Morgan fingerprint density at radius 2 is 1.92 bits per heavy atom. The van der Waals surface area contributed by atoms with Gasteiger partial charge in [-0.05, 0) is 45.1 Å². The topological polar surface area (TPSA) is 3.24 Å². The van der Waals surface area contributed by atoms with Crippen molar-refractivity contribution >= 4 is 15.9 Å². The summed E-state index contributed by atoms with van der Waals surface area (Å²) in [5.41, 5.74) is 1.41. The minimum Gasteiger partial charge on any atom is -0.309 e. The Morgan fingerprint density at radius 3 is 2.54 bits per heavy atom. The second-order valence-electron chi connectivity index (χ2n) is 3.50. The first-order valence-corrected chi connectivity index (χ1v) is 5.37. The van der Waals surface area contributed by atoms with Crippen LogP contribution in [-0.4, -0.2) is 25.5 Å². The number of rotatable bonds is 4. The van der Waals surface area contributed by atoms with Gasteiger partial charge in [0.05, 0.1) is 0 Å². The standard InChI is InChI=1S/C11H16BrN/c1-13(2)9-5-7-10-6-3-4-8-11(10)12/h3-4,6,8H,5,7,9H2,1-2H3. The average molecular weight is 242 g/mol. The van der Waals surface area contributed by atoms with Gasteiger partial charge in [-0.1, -0.05) is 34.1 Å². The second-order valence-corrected chi connectivity index (χ2v) is 4.35. The van der Waals surface area contributed by atoms with Crippen LogP contribution in [0.5, 0.6) is 0 Å². The summed E-state index contributed by atoms with van der Waals surface area (Å²) in [6.07, 6.45) is 2.37. The van der Waals surface area contributed by atoms with Gasteiger partial charge in [0.1, 0.15) is 0 Å². The third kappa shape index (κ3) is 3.92. The molecule has 0 atom stereocenters. The van der Waals surface area contributed by atoms with Crippen molar-refractivity contribution in [3.63, 3.8) is 0 Å². The third-order valence-electron chi connectivity index (χ3n) is 2.01. The molecule has 0 heterocycles. The Bertz CT molecular complexity index is 258. The highest BCUT2D eigenvalue weighted by molar-refractivity contribution is 9.10. The summed E-state index contributed by atoms with van der Waals surface area (Å²) in [7, 11) is 4.22. The number of halogens is 1. The quantitative estimate of drug-likeness (QED) is 0.784. The molecule has 0 amide bonds. The molecule has 1 rings (SSSR count). The molecule has 0 aliphatic carbocycles. The van der Waals surface area contributed by atoms with E-state index in [9.17, 15) is 0 Å². The lowest BCUT2D eigenvalue weighted by Crippen LogP contribution is -2.13. The van der Waals surface area contributed by atoms with Gasteiger partial charge < -0.3 is 4.90 Å². The predicted molar refractivity (Wildman–Crippen MR) is 61.0 cm³/mol. The Hall–Kier alpha value is -0.340. The monoisotopic (exact) mass is 241 g/mol. The fourth-order valence-electron chi connectivity index (χ4n) is 1.29. The summed E-state index contributed by atoms with van der Waals surface area (Å²) in [5.74, 6) is 0. The molecule has 0 aromatic heterocycles. The molecule has 1 aromatic rings. The first-order valence-electron chi connectivity index (χ1n) is 4.58. The zero-order chi connectivity index (χ0) is 9.68. The van der Waals surface area contributed by atoms with Gasteiger partial charge in [0.15, 0.2) is 0 Å². The Kier molecular flexibility index (Phi) is 4.46. The van der Waals surface area contributed by atoms with E-state index in [4.69, 9.17) is 0 Å². The van der Waals surface area contributed by atoms with Crippen molar-refractivity contribution in [2.75, 3.05) is 20.6 Å². The molecule has 0 bridgehead atoms. The molecule has 0 radical (unpaired) electrons. The van der Waals surface area contributed by atoms with Crippen LogP contribution < -0.4 is 0 Å². The van der Waals surface area contributed by atoms with Crippen LogP contribution in [0.1, 0.15) is 12.0 Å². The lowest BCUT2D eigenvalue weighted by molar-refractivity contribution is 0.400. The molecule has 0 unspecified atom stereocenters. The summed E-state index contributed by atoms with van der Waals surface area (Å²) in [5, 5.41) is 0. The van der Waals surface area contributed by atoms with Gasteiger partial charge in [-0.3, -0.25) is 0 Å². The SMILES string of the molecule is CN(C)CCCc1ccccc1Br. The van der Waals surface area contributed by atoms with Gasteiger partial charge in [0.25, 0.3) is 0 Å².